The zero-order valence-electron chi connectivity index (χ0n) is 14.6. The Hall–Kier alpha value is -2.17. The summed E-state index contributed by atoms with van der Waals surface area (Å²) in [5.41, 5.74) is 1.57. The molecule has 0 heterocycles. The van der Waals surface area contributed by atoms with Crippen LogP contribution in [-0.2, 0) is 6.42 Å². The molecule has 0 spiro atoms. The molecular weight excluding hydrogens is 359 g/mol. The quantitative estimate of drug-likeness (QED) is 0.322. The Kier molecular flexibility index (Phi) is 4.57. The lowest BCUT2D eigenvalue weighted by molar-refractivity contribution is 0.193. The maximum atomic E-state index is 14.2. The van der Waals surface area contributed by atoms with Crippen LogP contribution in [0.1, 0.15) is 47.8 Å². The number of halogens is 5. The van der Waals surface area contributed by atoms with Crippen molar-refractivity contribution in [1.29, 1.82) is 0 Å². The molecule has 27 heavy (non-hydrogen) atoms. The van der Waals surface area contributed by atoms with Crippen molar-refractivity contribution in [2.24, 2.45) is 11.8 Å². The Morgan fingerprint density at radius 3 is 2.22 bits per heavy atom. The average Bonchev–Trinajstić information content (AvgIpc) is 2.64. The van der Waals surface area contributed by atoms with Gasteiger partial charge in [0.1, 0.15) is 11.6 Å². The number of fused-ring (bicyclic) bond motifs is 3. The molecule has 2 aromatic rings. The fourth-order valence-electron chi connectivity index (χ4n) is 5.16. The summed E-state index contributed by atoms with van der Waals surface area (Å²) in [4.78, 5) is 0. The summed E-state index contributed by atoms with van der Waals surface area (Å²) in [7, 11) is 0. The van der Waals surface area contributed by atoms with E-state index < -0.39 is 29.1 Å². The first-order chi connectivity index (χ1) is 12.9. The molecule has 4 atom stereocenters. The highest BCUT2D eigenvalue weighted by molar-refractivity contribution is 5.38. The van der Waals surface area contributed by atoms with Crippen LogP contribution in [0.15, 0.2) is 36.9 Å². The molecule has 0 saturated heterocycles. The minimum Gasteiger partial charge on any atom is -0.207 e. The molecule has 142 valence electrons. The molecule has 5 heteroatoms. The van der Waals surface area contributed by atoms with Crippen molar-refractivity contribution < 1.29 is 22.0 Å². The largest absolute Gasteiger partial charge is 0.207 e. The summed E-state index contributed by atoms with van der Waals surface area (Å²) < 4.78 is 69.2. The zero-order chi connectivity index (χ0) is 19.3. The van der Waals surface area contributed by atoms with Crippen molar-refractivity contribution in [3.8, 4) is 0 Å². The van der Waals surface area contributed by atoms with Crippen LogP contribution in [0.3, 0.4) is 0 Å². The Labute approximate surface area is 154 Å². The molecule has 0 aliphatic heterocycles. The van der Waals surface area contributed by atoms with Crippen molar-refractivity contribution in [3.63, 3.8) is 0 Å². The Morgan fingerprint density at radius 1 is 0.852 bits per heavy atom. The third kappa shape index (κ3) is 2.97. The van der Waals surface area contributed by atoms with Crippen LogP contribution < -0.4 is 0 Å². The molecule has 4 rings (SSSR count). The van der Waals surface area contributed by atoms with Gasteiger partial charge in [0.05, 0.1) is 0 Å². The first-order valence-electron chi connectivity index (χ1n) is 9.15. The predicted octanol–water partition coefficient (Wildman–Crippen LogP) is 6.41. The molecule has 2 aromatic carbocycles. The number of rotatable bonds is 2. The Balaban J connectivity index is 1.81. The lowest BCUT2D eigenvalue weighted by Gasteiger charge is -2.46. The van der Waals surface area contributed by atoms with Gasteiger partial charge in [-0.1, -0.05) is 6.08 Å². The smallest absolute Gasteiger partial charge is 0.194 e. The fraction of sp³-hybridized carbons (Fsp3) is 0.364. The molecule has 0 aromatic heterocycles. The molecule has 0 radical (unpaired) electrons. The third-order valence-corrected chi connectivity index (χ3v) is 6.27. The van der Waals surface area contributed by atoms with Crippen LogP contribution in [0, 0.1) is 40.9 Å². The minimum absolute atomic E-state index is 0.0320. The van der Waals surface area contributed by atoms with Gasteiger partial charge in [0, 0.05) is 6.07 Å². The molecule has 0 unspecified atom stereocenters. The number of benzene rings is 2. The van der Waals surface area contributed by atoms with Gasteiger partial charge in [-0.05, 0) is 84.2 Å². The molecule has 0 amide bonds. The maximum absolute atomic E-state index is 14.2. The summed E-state index contributed by atoms with van der Waals surface area (Å²) in [5, 5.41) is 0. The van der Waals surface area contributed by atoms with E-state index in [2.05, 4.69) is 6.58 Å². The number of hydrogen-bond donors (Lipinski definition) is 0. The normalized spacial score (nSPS) is 27.0. The molecule has 0 N–H and O–H groups in total. The van der Waals surface area contributed by atoms with E-state index in [0.717, 1.165) is 24.6 Å². The van der Waals surface area contributed by atoms with E-state index in [4.69, 9.17) is 0 Å². The topological polar surface area (TPSA) is 0 Å². The van der Waals surface area contributed by atoms with Crippen molar-refractivity contribution in [2.75, 3.05) is 0 Å². The molecule has 2 aliphatic carbocycles. The fourth-order valence-corrected chi connectivity index (χ4v) is 5.16. The van der Waals surface area contributed by atoms with Gasteiger partial charge in [0.15, 0.2) is 17.5 Å². The van der Waals surface area contributed by atoms with Gasteiger partial charge in [-0.2, -0.15) is 0 Å². The van der Waals surface area contributed by atoms with Crippen LogP contribution >= 0.6 is 0 Å². The average molecular weight is 378 g/mol. The van der Waals surface area contributed by atoms with Gasteiger partial charge in [0.2, 0.25) is 0 Å². The van der Waals surface area contributed by atoms with E-state index in [0.29, 0.717) is 36.0 Å². The highest BCUT2D eigenvalue weighted by Crippen LogP contribution is 2.54. The van der Waals surface area contributed by atoms with Crippen LogP contribution in [0.5, 0.6) is 0 Å². The summed E-state index contributed by atoms with van der Waals surface area (Å²) in [6.45, 7) is 3.85. The zero-order valence-corrected chi connectivity index (χ0v) is 14.6. The van der Waals surface area contributed by atoms with Crippen LogP contribution in [-0.4, -0.2) is 0 Å². The Bertz CT molecular complexity index is 881. The van der Waals surface area contributed by atoms with E-state index in [1.54, 1.807) is 6.08 Å². The molecular formula is C22H19F5. The lowest BCUT2D eigenvalue weighted by atomic mass is 9.58. The van der Waals surface area contributed by atoms with Gasteiger partial charge in [-0.25, -0.2) is 22.0 Å². The highest BCUT2D eigenvalue weighted by atomic mass is 19.2. The van der Waals surface area contributed by atoms with Crippen LogP contribution in [0.2, 0.25) is 0 Å². The summed E-state index contributed by atoms with van der Waals surface area (Å²) in [6.07, 6.45) is 4.24. The highest BCUT2D eigenvalue weighted by Gasteiger charge is 2.43. The molecule has 0 nitrogen and oxygen atoms in total. The van der Waals surface area contributed by atoms with E-state index in [9.17, 15) is 22.0 Å². The van der Waals surface area contributed by atoms with Crippen LogP contribution in [0.4, 0.5) is 22.0 Å². The first-order valence-corrected chi connectivity index (χ1v) is 9.15. The SMILES string of the molecule is C=C[C@@H]1CC[C@H]2c3cc(F)cc(F)c3CC[C@@H]2[C@H]1c1cc(F)c(F)c(F)c1. The predicted molar refractivity (Wildman–Crippen MR) is 92.9 cm³/mol. The van der Waals surface area contributed by atoms with Crippen molar-refractivity contribution in [3.05, 3.63) is 82.7 Å². The summed E-state index contributed by atoms with van der Waals surface area (Å²) in [6, 6.07) is 4.37. The second-order valence-corrected chi connectivity index (χ2v) is 7.57. The maximum Gasteiger partial charge on any atom is 0.194 e. The van der Waals surface area contributed by atoms with Gasteiger partial charge >= 0.3 is 0 Å². The van der Waals surface area contributed by atoms with Gasteiger partial charge in [-0.3, -0.25) is 0 Å². The second-order valence-electron chi connectivity index (χ2n) is 7.57. The van der Waals surface area contributed by atoms with E-state index in [-0.39, 0.29) is 23.7 Å². The summed E-state index contributed by atoms with van der Waals surface area (Å²) >= 11 is 0. The first kappa shape index (κ1) is 18.2. The van der Waals surface area contributed by atoms with E-state index in [1.807, 2.05) is 0 Å². The van der Waals surface area contributed by atoms with Gasteiger partial charge in [0.25, 0.3) is 0 Å². The molecule has 1 fully saturated rings. The van der Waals surface area contributed by atoms with Gasteiger partial charge in [-0.15, -0.1) is 6.58 Å². The van der Waals surface area contributed by atoms with Crippen molar-refractivity contribution in [2.45, 2.75) is 37.5 Å². The van der Waals surface area contributed by atoms with E-state index >= 15 is 0 Å². The van der Waals surface area contributed by atoms with E-state index in [1.165, 1.54) is 6.07 Å². The molecule has 0 bridgehead atoms. The van der Waals surface area contributed by atoms with Crippen molar-refractivity contribution in [1.82, 2.24) is 0 Å². The molecule has 2 aliphatic rings. The van der Waals surface area contributed by atoms with Gasteiger partial charge < -0.3 is 0 Å². The monoisotopic (exact) mass is 378 g/mol. The third-order valence-electron chi connectivity index (χ3n) is 6.27. The lowest BCUT2D eigenvalue weighted by Crippen LogP contribution is -2.35. The number of allylic oxidation sites excluding steroid dienone is 1. The molecule has 1 saturated carbocycles. The minimum atomic E-state index is -1.49. The van der Waals surface area contributed by atoms with Crippen molar-refractivity contribution >= 4 is 0 Å². The Morgan fingerprint density at radius 2 is 1.56 bits per heavy atom. The number of hydrogen-bond acceptors (Lipinski definition) is 0. The summed E-state index contributed by atoms with van der Waals surface area (Å²) in [5.74, 6) is -5.53. The standard InChI is InChI=1S/C22H19F5/c1-2-11-3-4-14-16(6-5-15-17(14)9-13(23)10-18(15)24)21(11)12-7-19(25)22(27)20(26)8-12/h2,7-11,14,16,21H,1,3-6H2/t11-,14-,16+,21-/m1/s1. The van der Waals surface area contributed by atoms with Crippen LogP contribution in [0.25, 0.3) is 0 Å². The second kappa shape index (κ2) is 6.77.